The normalized spacial score (nSPS) is 22.2. The van der Waals surface area contributed by atoms with Crippen molar-refractivity contribution in [1.29, 1.82) is 5.26 Å². The van der Waals surface area contributed by atoms with Crippen LogP contribution in [0.4, 0.5) is 4.39 Å². The Labute approximate surface area is 115 Å². The van der Waals surface area contributed by atoms with Gasteiger partial charge in [0.25, 0.3) is 0 Å². The lowest BCUT2D eigenvalue weighted by atomic mass is 9.70. The molecule has 0 unspecified atom stereocenters. The first-order valence-electron chi connectivity index (χ1n) is 6.05. The maximum atomic E-state index is 12.9. The summed E-state index contributed by atoms with van der Waals surface area (Å²) in [4.78, 5) is 15.2. The molecule has 5 nitrogen and oxygen atoms in total. The van der Waals surface area contributed by atoms with Crippen molar-refractivity contribution in [3.63, 3.8) is 0 Å². The molecule has 0 aromatic carbocycles. The second-order valence-electron chi connectivity index (χ2n) is 4.66. The maximum absolute atomic E-state index is 12.9. The number of hydrogen-bond acceptors (Lipinski definition) is 5. The summed E-state index contributed by atoms with van der Waals surface area (Å²) in [6.45, 7) is 0. The van der Waals surface area contributed by atoms with Crippen molar-refractivity contribution in [2.45, 2.75) is 24.7 Å². The zero-order chi connectivity index (χ0) is 14.8. The number of ether oxygens (including phenoxy) is 1. The second kappa shape index (κ2) is 5.29. The quantitative estimate of drug-likeness (QED) is 0.661. The molecule has 0 bridgehead atoms. The number of methoxy groups -OCH3 is 1. The molecule has 104 valence electrons. The molecule has 0 aliphatic heterocycles. The Morgan fingerprint density at radius 3 is 2.90 bits per heavy atom. The third-order valence-corrected chi connectivity index (χ3v) is 3.54. The minimum absolute atomic E-state index is 0.0231. The summed E-state index contributed by atoms with van der Waals surface area (Å²) in [5, 5.41) is 19.3. The van der Waals surface area contributed by atoms with Crippen LogP contribution in [0.3, 0.4) is 0 Å². The van der Waals surface area contributed by atoms with Crippen molar-refractivity contribution in [3.8, 4) is 6.07 Å². The predicted octanol–water partition coefficient (Wildman–Crippen LogP) is 2.15. The van der Waals surface area contributed by atoms with Crippen molar-refractivity contribution in [1.82, 2.24) is 4.98 Å². The van der Waals surface area contributed by atoms with Crippen LogP contribution in [0.15, 0.2) is 29.7 Å². The third kappa shape index (κ3) is 2.35. The average molecular weight is 276 g/mol. The number of aliphatic hydroxyl groups is 1. The minimum Gasteiger partial charge on any atom is -0.512 e. The molecule has 2 rings (SSSR count). The van der Waals surface area contributed by atoms with Gasteiger partial charge in [-0.15, -0.1) is 0 Å². The number of aromatic nitrogens is 1. The van der Waals surface area contributed by atoms with E-state index in [2.05, 4.69) is 15.8 Å². The topological polar surface area (TPSA) is 83.2 Å². The van der Waals surface area contributed by atoms with Gasteiger partial charge in [-0.25, -0.2) is 9.78 Å². The first kappa shape index (κ1) is 14.0. The van der Waals surface area contributed by atoms with Crippen LogP contribution in [-0.2, 0) is 14.9 Å². The number of nitrogens with zero attached hydrogens (tertiary/aromatic N) is 2. The molecule has 0 spiro atoms. The van der Waals surface area contributed by atoms with Gasteiger partial charge < -0.3 is 9.84 Å². The van der Waals surface area contributed by atoms with Gasteiger partial charge >= 0.3 is 5.97 Å². The fourth-order valence-electron chi connectivity index (χ4n) is 2.35. The number of rotatable bonds is 2. The van der Waals surface area contributed by atoms with Crippen LogP contribution < -0.4 is 0 Å². The van der Waals surface area contributed by atoms with E-state index in [9.17, 15) is 19.6 Å². The Hall–Kier alpha value is -2.42. The van der Waals surface area contributed by atoms with Crippen molar-refractivity contribution < 1.29 is 19.0 Å². The summed E-state index contributed by atoms with van der Waals surface area (Å²) in [6.07, 6.45) is 1.84. The standard InChI is InChI=1S/C14H13FN2O3/c1-20-13(19)10-6-14(8-16,5-4-11(10)18)9-2-3-12(15)17-7-9/h2-3,7,18H,4-6H2,1H3/t14-/m1/s1. The maximum Gasteiger partial charge on any atom is 0.337 e. The van der Waals surface area contributed by atoms with Crippen molar-refractivity contribution in [2.75, 3.05) is 7.11 Å². The number of aliphatic hydroxyl groups excluding tert-OH is 1. The summed E-state index contributed by atoms with van der Waals surface area (Å²) >= 11 is 0. The Kier molecular flexibility index (Phi) is 3.70. The number of halogens is 1. The first-order valence-corrected chi connectivity index (χ1v) is 6.05. The molecule has 1 N–H and O–H groups in total. The van der Waals surface area contributed by atoms with Gasteiger partial charge in [-0.3, -0.25) is 0 Å². The summed E-state index contributed by atoms with van der Waals surface area (Å²) < 4.78 is 17.5. The van der Waals surface area contributed by atoms with Crippen molar-refractivity contribution in [3.05, 3.63) is 41.2 Å². The van der Waals surface area contributed by atoms with Crippen LogP contribution in [0.25, 0.3) is 0 Å². The number of esters is 1. The monoisotopic (exact) mass is 276 g/mol. The zero-order valence-electron chi connectivity index (χ0n) is 10.9. The van der Waals surface area contributed by atoms with Crippen LogP contribution in [0, 0.1) is 17.3 Å². The molecule has 0 saturated heterocycles. The molecule has 0 saturated carbocycles. The molecule has 1 aromatic rings. The van der Waals surface area contributed by atoms with E-state index in [1.807, 2.05) is 0 Å². The van der Waals surface area contributed by atoms with Crippen LogP contribution in [0.1, 0.15) is 24.8 Å². The number of pyridine rings is 1. The number of allylic oxidation sites excluding steroid dienone is 1. The van der Waals surface area contributed by atoms with Gasteiger partial charge in [0.2, 0.25) is 5.95 Å². The van der Waals surface area contributed by atoms with Crippen LogP contribution in [-0.4, -0.2) is 23.2 Å². The van der Waals surface area contributed by atoms with Crippen molar-refractivity contribution in [2.24, 2.45) is 0 Å². The van der Waals surface area contributed by atoms with Gasteiger partial charge in [0, 0.05) is 19.0 Å². The molecular formula is C14H13FN2O3. The summed E-state index contributed by atoms with van der Waals surface area (Å²) in [5.74, 6) is -1.35. The SMILES string of the molecule is COC(=O)C1=C(O)CC[C@@](C#N)(c2ccc(F)nc2)C1. The molecule has 1 atom stereocenters. The van der Waals surface area contributed by atoms with Crippen LogP contribution in [0.5, 0.6) is 0 Å². The Bertz CT molecular complexity index is 604. The molecule has 1 heterocycles. The molecule has 1 aliphatic rings. The predicted molar refractivity (Wildman–Crippen MR) is 67.0 cm³/mol. The number of hydrogen-bond donors (Lipinski definition) is 1. The Morgan fingerprint density at radius 1 is 1.60 bits per heavy atom. The summed E-state index contributed by atoms with van der Waals surface area (Å²) in [7, 11) is 1.21. The number of nitriles is 1. The summed E-state index contributed by atoms with van der Waals surface area (Å²) in [5.41, 5.74) is -0.392. The van der Waals surface area contributed by atoms with Crippen LogP contribution >= 0.6 is 0 Å². The minimum atomic E-state index is -1.00. The van der Waals surface area contributed by atoms with Gasteiger partial charge in [0.15, 0.2) is 0 Å². The van der Waals surface area contributed by atoms with Crippen LogP contribution in [0.2, 0.25) is 0 Å². The molecule has 0 amide bonds. The molecular weight excluding hydrogens is 263 g/mol. The third-order valence-electron chi connectivity index (χ3n) is 3.54. The fourth-order valence-corrected chi connectivity index (χ4v) is 2.35. The van der Waals surface area contributed by atoms with Gasteiger partial charge in [-0.2, -0.15) is 9.65 Å². The zero-order valence-corrected chi connectivity index (χ0v) is 10.9. The molecule has 0 radical (unpaired) electrons. The Balaban J connectivity index is 2.42. The highest BCUT2D eigenvalue weighted by Crippen LogP contribution is 2.41. The lowest BCUT2D eigenvalue weighted by Crippen LogP contribution is -2.31. The van der Waals surface area contributed by atoms with Gasteiger partial charge in [0.1, 0.15) is 5.76 Å². The Morgan fingerprint density at radius 2 is 2.35 bits per heavy atom. The highest BCUT2D eigenvalue weighted by molar-refractivity contribution is 5.89. The van der Waals surface area contributed by atoms with Crippen molar-refractivity contribution >= 4 is 5.97 Å². The molecule has 6 heteroatoms. The number of carbonyl (C=O) groups is 1. The largest absolute Gasteiger partial charge is 0.512 e. The van der Waals surface area contributed by atoms with E-state index >= 15 is 0 Å². The number of carbonyl (C=O) groups excluding carboxylic acids is 1. The van der Waals surface area contributed by atoms with E-state index in [-0.39, 0.29) is 24.2 Å². The molecule has 1 aromatic heterocycles. The van der Waals surface area contributed by atoms with Gasteiger partial charge in [-0.05, 0) is 18.1 Å². The smallest absolute Gasteiger partial charge is 0.337 e. The van der Waals surface area contributed by atoms with Gasteiger partial charge in [-0.1, -0.05) is 6.07 Å². The lowest BCUT2D eigenvalue weighted by molar-refractivity contribution is -0.136. The highest BCUT2D eigenvalue weighted by Gasteiger charge is 2.40. The average Bonchev–Trinajstić information content (AvgIpc) is 2.48. The molecule has 20 heavy (non-hydrogen) atoms. The first-order chi connectivity index (χ1) is 9.52. The molecule has 0 fully saturated rings. The van der Waals surface area contributed by atoms with Gasteiger partial charge in [0.05, 0.1) is 24.2 Å². The van der Waals surface area contributed by atoms with E-state index in [4.69, 9.17) is 0 Å². The van der Waals surface area contributed by atoms with E-state index in [1.165, 1.54) is 25.4 Å². The summed E-state index contributed by atoms with van der Waals surface area (Å²) in [6, 6.07) is 4.81. The van der Waals surface area contributed by atoms with E-state index in [1.54, 1.807) is 0 Å². The van der Waals surface area contributed by atoms with E-state index < -0.39 is 17.3 Å². The van der Waals surface area contributed by atoms with E-state index in [0.29, 0.717) is 12.0 Å². The lowest BCUT2D eigenvalue weighted by Gasteiger charge is -2.31. The van der Waals surface area contributed by atoms with E-state index in [0.717, 1.165) is 0 Å². The highest BCUT2D eigenvalue weighted by atomic mass is 19.1. The fraction of sp³-hybridized carbons (Fsp3) is 0.357. The molecule has 1 aliphatic carbocycles. The second-order valence-corrected chi connectivity index (χ2v) is 4.66.